The smallest absolute Gasteiger partial charge is 0.222 e. The normalized spacial score (nSPS) is 22.2. The van der Waals surface area contributed by atoms with Crippen molar-refractivity contribution in [1.82, 2.24) is 5.32 Å². The molecule has 0 radical (unpaired) electrons. The summed E-state index contributed by atoms with van der Waals surface area (Å²) in [5.74, 6) is -0.0902. The van der Waals surface area contributed by atoms with Gasteiger partial charge in [0, 0.05) is 20.0 Å². The summed E-state index contributed by atoms with van der Waals surface area (Å²) in [6, 6.07) is 7.52. The van der Waals surface area contributed by atoms with Crippen LogP contribution in [-0.4, -0.2) is 30.8 Å². The predicted octanol–water partition coefficient (Wildman–Crippen LogP) is 0.797. The van der Waals surface area contributed by atoms with Gasteiger partial charge in [-0.15, -0.1) is 0 Å². The number of aliphatic hydroxyl groups is 1. The summed E-state index contributed by atoms with van der Waals surface area (Å²) < 4.78 is 4.85. The van der Waals surface area contributed by atoms with Gasteiger partial charge < -0.3 is 15.2 Å². The van der Waals surface area contributed by atoms with Crippen LogP contribution >= 0.6 is 0 Å². The van der Waals surface area contributed by atoms with Crippen LogP contribution in [-0.2, 0) is 16.0 Å². The van der Waals surface area contributed by atoms with Gasteiger partial charge >= 0.3 is 0 Å². The lowest BCUT2D eigenvalue weighted by Gasteiger charge is -2.17. The van der Waals surface area contributed by atoms with Crippen molar-refractivity contribution in [1.29, 1.82) is 0 Å². The molecule has 1 aliphatic rings. The van der Waals surface area contributed by atoms with Crippen molar-refractivity contribution < 1.29 is 14.6 Å². The second-order valence-corrected chi connectivity index (χ2v) is 4.26. The van der Waals surface area contributed by atoms with Gasteiger partial charge in [-0.25, -0.2) is 0 Å². The Morgan fingerprint density at radius 2 is 2.29 bits per heavy atom. The number of carbonyl (C=O) groups excluding carboxylic acids is 1. The standard InChI is InChI=1S/C13H17NO3/c1-17-7-6-12(16)14-13-10-5-3-2-4-9(10)8-11(13)15/h2-5,11,13,15H,6-8H2,1H3,(H,14,16)/t11-,13+/m0/s1. The second kappa shape index (κ2) is 5.29. The van der Waals surface area contributed by atoms with E-state index in [4.69, 9.17) is 4.74 Å². The van der Waals surface area contributed by atoms with Gasteiger partial charge in [0.15, 0.2) is 0 Å². The molecule has 1 aliphatic carbocycles. The van der Waals surface area contributed by atoms with Gasteiger partial charge in [0.05, 0.1) is 18.8 Å². The zero-order chi connectivity index (χ0) is 12.3. The summed E-state index contributed by atoms with van der Waals surface area (Å²) >= 11 is 0. The second-order valence-electron chi connectivity index (χ2n) is 4.26. The molecular formula is C13H17NO3. The molecule has 17 heavy (non-hydrogen) atoms. The first-order valence-electron chi connectivity index (χ1n) is 5.76. The van der Waals surface area contributed by atoms with Crippen LogP contribution in [0.5, 0.6) is 0 Å². The van der Waals surface area contributed by atoms with Crippen molar-refractivity contribution in [2.45, 2.75) is 25.0 Å². The maximum atomic E-state index is 11.6. The molecule has 4 heteroatoms. The van der Waals surface area contributed by atoms with Gasteiger partial charge in [0.1, 0.15) is 0 Å². The van der Waals surface area contributed by atoms with E-state index in [2.05, 4.69) is 5.32 Å². The maximum Gasteiger partial charge on any atom is 0.222 e. The minimum Gasteiger partial charge on any atom is -0.390 e. The molecule has 2 N–H and O–H groups in total. The third-order valence-electron chi connectivity index (χ3n) is 3.05. The Bertz CT molecular complexity index is 405. The molecular weight excluding hydrogens is 218 g/mol. The zero-order valence-corrected chi connectivity index (χ0v) is 9.85. The van der Waals surface area contributed by atoms with Crippen LogP contribution in [0.3, 0.4) is 0 Å². The summed E-state index contributed by atoms with van der Waals surface area (Å²) in [5.41, 5.74) is 2.13. The lowest BCUT2D eigenvalue weighted by atomic mass is 10.1. The number of rotatable bonds is 4. The molecule has 0 bridgehead atoms. The van der Waals surface area contributed by atoms with Crippen molar-refractivity contribution in [3.8, 4) is 0 Å². The Kier molecular flexibility index (Phi) is 3.76. The zero-order valence-electron chi connectivity index (χ0n) is 9.85. The van der Waals surface area contributed by atoms with Crippen LogP contribution in [0.4, 0.5) is 0 Å². The van der Waals surface area contributed by atoms with Crippen LogP contribution in [0.25, 0.3) is 0 Å². The quantitative estimate of drug-likeness (QED) is 0.811. The number of aliphatic hydroxyl groups excluding tert-OH is 1. The fraction of sp³-hybridized carbons (Fsp3) is 0.462. The summed E-state index contributed by atoms with van der Waals surface area (Å²) in [6.45, 7) is 0.399. The average Bonchev–Trinajstić information content (AvgIpc) is 2.64. The highest BCUT2D eigenvalue weighted by Crippen LogP contribution is 2.31. The molecule has 4 nitrogen and oxygen atoms in total. The molecule has 1 aromatic rings. The minimum atomic E-state index is -0.529. The Hall–Kier alpha value is -1.39. The monoisotopic (exact) mass is 235 g/mol. The Labute approximate surface area is 101 Å². The number of fused-ring (bicyclic) bond motifs is 1. The summed E-state index contributed by atoms with van der Waals surface area (Å²) in [5, 5.41) is 12.8. The Balaban J connectivity index is 2.04. The molecule has 92 valence electrons. The van der Waals surface area contributed by atoms with Crippen LogP contribution in [0.15, 0.2) is 24.3 Å². The lowest BCUT2D eigenvalue weighted by Crippen LogP contribution is -2.34. The van der Waals surface area contributed by atoms with Crippen molar-refractivity contribution in [3.63, 3.8) is 0 Å². The van der Waals surface area contributed by atoms with Gasteiger partial charge in [-0.3, -0.25) is 4.79 Å². The molecule has 0 heterocycles. The number of hydrogen-bond acceptors (Lipinski definition) is 3. The van der Waals surface area contributed by atoms with Crippen LogP contribution in [0, 0.1) is 0 Å². The number of hydrogen-bond donors (Lipinski definition) is 2. The van der Waals surface area contributed by atoms with E-state index in [9.17, 15) is 9.90 Å². The first-order valence-corrected chi connectivity index (χ1v) is 5.76. The van der Waals surface area contributed by atoms with E-state index in [0.717, 1.165) is 11.1 Å². The van der Waals surface area contributed by atoms with Crippen LogP contribution in [0.1, 0.15) is 23.6 Å². The molecule has 0 unspecified atom stereocenters. The third-order valence-corrected chi connectivity index (χ3v) is 3.05. The van der Waals surface area contributed by atoms with E-state index < -0.39 is 6.10 Å². The lowest BCUT2D eigenvalue weighted by molar-refractivity contribution is -0.123. The first-order chi connectivity index (χ1) is 8.22. The van der Waals surface area contributed by atoms with Crippen molar-refractivity contribution in [2.24, 2.45) is 0 Å². The molecule has 0 fully saturated rings. The molecule has 0 aliphatic heterocycles. The molecule has 0 saturated carbocycles. The van der Waals surface area contributed by atoms with Crippen LogP contribution in [0.2, 0.25) is 0 Å². The highest BCUT2D eigenvalue weighted by atomic mass is 16.5. The summed E-state index contributed by atoms with van der Waals surface area (Å²) in [4.78, 5) is 11.6. The predicted molar refractivity (Wildman–Crippen MR) is 63.5 cm³/mol. The molecule has 2 rings (SSSR count). The van der Waals surface area contributed by atoms with E-state index in [1.165, 1.54) is 0 Å². The van der Waals surface area contributed by atoms with E-state index in [1.54, 1.807) is 7.11 Å². The van der Waals surface area contributed by atoms with Crippen molar-refractivity contribution >= 4 is 5.91 Å². The van der Waals surface area contributed by atoms with Crippen molar-refractivity contribution in [2.75, 3.05) is 13.7 Å². The van der Waals surface area contributed by atoms with Gasteiger partial charge in [0.25, 0.3) is 0 Å². The molecule has 1 aromatic carbocycles. The van der Waals surface area contributed by atoms with E-state index in [1.807, 2.05) is 24.3 Å². The number of nitrogens with one attached hydrogen (secondary N) is 1. The third kappa shape index (κ3) is 2.65. The highest BCUT2D eigenvalue weighted by Gasteiger charge is 2.31. The van der Waals surface area contributed by atoms with Gasteiger partial charge in [0.2, 0.25) is 5.91 Å². The number of carbonyl (C=O) groups is 1. The summed E-state index contributed by atoms with van der Waals surface area (Å²) in [7, 11) is 1.56. The number of amides is 1. The Morgan fingerprint density at radius 1 is 1.53 bits per heavy atom. The van der Waals surface area contributed by atoms with E-state index in [0.29, 0.717) is 19.4 Å². The molecule has 0 saturated heterocycles. The maximum absolute atomic E-state index is 11.6. The van der Waals surface area contributed by atoms with Gasteiger partial charge in [-0.05, 0) is 11.1 Å². The van der Waals surface area contributed by atoms with E-state index in [-0.39, 0.29) is 11.9 Å². The molecule has 1 amide bonds. The SMILES string of the molecule is COCCC(=O)N[C@@H]1c2ccccc2C[C@@H]1O. The molecule has 0 aromatic heterocycles. The number of ether oxygens (including phenoxy) is 1. The van der Waals surface area contributed by atoms with Crippen LogP contribution < -0.4 is 5.32 Å². The summed E-state index contributed by atoms with van der Waals surface area (Å²) in [6.07, 6.45) is 0.395. The number of methoxy groups -OCH3 is 1. The fourth-order valence-electron chi connectivity index (χ4n) is 2.19. The largest absolute Gasteiger partial charge is 0.390 e. The minimum absolute atomic E-state index is 0.0902. The highest BCUT2D eigenvalue weighted by molar-refractivity contribution is 5.76. The molecule has 0 spiro atoms. The average molecular weight is 235 g/mol. The fourth-order valence-corrected chi connectivity index (χ4v) is 2.19. The van der Waals surface area contributed by atoms with Gasteiger partial charge in [-0.1, -0.05) is 24.3 Å². The van der Waals surface area contributed by atoms with Gasteiger partial charge in [-0.2, -0.15) is 0 Å². The number of benzene rings is 1. The first kappa shape index (κ1) is 12.1. The molecule has 2 atom stereocenters. The topological polar surface area (TPSA) is 58.6 Å². The Morgan fingerprint density at radius 3 is 3.06 bits per heavy atom. The van der Waals surface area contributed by atoms with Crippen molar-refractivity contribution in [3.05, 3.63) is 35.4 Å². The van der Waals surface area contributed by atoms with E-state index >= 15 is 0 Å².